The molecule has 0 bridgehead atoms. The summed E-state index contributed by atoms with van der Waals surface area (Å²) in [6, 6.07) is 0. The van der Waals surface area contributed by atoms with Crippen LogP contribution in [0, 0.1) is 0 Å². The molecule has 0 fully saturated rings. The average Bonchev–Trinajstić information content (AvgIpc) is 2.27. The van der Waals surface area contributed by atoms with E-state index in [-0.39, 0.29) is 0 Å². The third kappa shape index (κ3) is 3.70. The zero-order valence-electron chi connectivity index (χ0n) is 9.66. The van der Waals surface area contributed by atoms with Crippen LogP contribution < -0.4 is 0 Å². The quantitative estimate of drug-likeness (QED) is 0.484. The molecule has 0 amide bonds. The molecule has 1 aliphatic carbocycles. The van der Waals surface area contributed by atoms with Crippen molar-refractivity contribution in [3.05, 3.63) is 48.1 Å². The van der Waals surface area contributed by atoms with Crippen LogP contribution in [0.4, 0.5) is 0 Å². The van der Waals surface area contributed by atoms with Crippen LogP contribution in [-0.4, -0.2) is 12.8 Å². The number of hydrogen-bond donors (Lipinski definition) is 0. The van der Waals surface area contributed by atoms with Crippen LogP contribution in [0.3, 0.4) is 0 Å². The minimum absolute atomic E-state index is 0.934. The predicted molar refractivity (Wildman–Crippen MR) is 68.4 cm³/mol. The summed E-state index contributed by atoms with van der Waals surface area (Å²) in [6.07, 6.45) is 13.8. The van der Waals surface area contributed by atoms with Gasteiger partial charge in [-0.25, -0.2) is 0 Å². The standard InChI is InChI=1S/C14H19N/c1-4-8-12(2)14(15-3)11-13-9-6-5-7-10-13/h4,6,8-10H,1,5,7,11H2,2-3H3/b12-8+,15-14?. The molecule has 1 rings (SSSR count). The molecule has 1 aliphatic rings. The van der Waals surface area contributed by atoms with Gasteiger partial charge in [-0.2, -0.15) is 0 Å². The van der Waals surface area contributed by atoms with Crippen molar-refractivity contribution >= 4 is 5.71 Å². The Morgan fingerprint density at radius 1 is 1.53 bits per heavy atom. The Morgan fingerprint density at radius 2 is 2.33 bits per heavy atom. The van der Waals surface area contributed by atoms with Gasteiger partial charge in [-0.1, -0.05) is 37.0 Å². The largest absolute Gasteiger partial charge is 0.292 e. The van der Waals surface area contributed by atoms with E-state index in [9.17, 15) is 0 Å². The summed E-state index contributed by atoms with van der Waals surface area (Å²) in [5, 5.41) is 0. The van der Waals surface area contributed by atoms with Crippen LogP contribution in [0.5, 0.6) is 0 Å². The van der Waals surface area contributed by atoms with Crippen LogP contribution in [0.15, 0.2) is 53.1 Å². The Hall–Kier alpha value is -1.37. The molecule has 15 heavy (non-hydrogen) atoms. The van der Waals surface area contributed by atoms with Crippen LogP contribution in [0.25, 0.3) is 0 Å². The maximum absolute atomic E-state index is 4.33. The number of rotatable bonds is 4. The molecule has 0 saturated heterocycles. The van der Waals surface area contributed by atoms with E-state index in [2.05, 4.69) is 36.7 Å². The smallest absolute Gasteiger partial charge is 0.0417 e. The van der Waals surface area contributed by atoms with E-state index in [1.807, 2.05) is 19.2 Å². The van der Waals surface area contributed by atoms with E-state index < -0.39 is 0 Å². The Balaban J connectivity index is 2.70. The molecule has 0 aromatic heterocycles. The van der Waals surface area contributed by atoms with Crippen molar-refractivity contribution < 1.29 is 0 Å². The van der Waals surface area contributed by atoms with Crippen molar-refractivity contribution in [2.75, 3.05) is 7.05 Å². The molecule has 0 aliphatic heterocycles. The fourth-order valence-electron chi connectivity index (χ4n) is 1.66. The second kappa shape index (κ2) is 6.18. The van der Waals surface area contributed by atoms with Crippen LogP contribution in [-0.2, 0) is 0 Å². The highest BCUT2D eigenvalue weighted by molar-refractivity contribution is 6.01. The summed E-state index contributed by atoms with van der Waals surface area (Å²) in [4.78, 5) is 4.33. The molecule has 1 nitrogen and oxygen atoms in total. The van der Waals surface area contributed by atoms with Gasteiger partial charge in [0, 0.05) is 19.2 Å². The Morgan fingerprint density at radius 3 is 2.87 bits per heavy atom. The van der Waals surface area contributed by atoms with Crippen molar-refractivity contribution in [3.63, 3.8) is 0 Å². The molecular formula is C14H19N. The maximum Gasteiger partial charge on any atom is 0.0417 e. The highest BCUT2D eigenvalue weighted by Crippen LogP contribution is 2.16. The third-order valence-electron chi connectivity index (χ3n) is 2.54. The second-order valence-corrected chi connectivity index (χ2v) is 3.69. The Bertz CT molecular complexity index is 340. The molecule has 0 aromatic carbocycles. The van der Waals surface area contributed by atoms with E-state index in [0.717, 1.165) is 18.6 Å². The average molecular weight is 201 g/mol. The van der Waals surface area contributed by atoms with Gasteiger partial charge in [-0.05, 0) is 30.9 Å². The lowest BCUT2D eigenvalue weighted by Gasteiger charge is -2.09. The highest BCUT2D eigenvalue weighted by atomic mass is 14.7. The van der Waals surface area contributed by atoms with Gasteiger partial charge in [0.1, 0.15) is 0 Å². The van der Waals surface area contributed by atoms with Crippen LogP contribution >= 0.6 is 0 Å². The van der Waals surface area contributed by atoms with E-state index in [0.29, 0.717) is 0 Å². The molecule has 1 heteroatoms. The van der Waals surface area contributed by atoms with E-state index in [1.54, 1.807) is 0 Å². The fraction of sp³-hybridized carbons (Fsp3) is 0.357. The van der Waals surface area contributed by atoms with Crippen LogP contribution in [0.1, 0.15) is 26.2 Å². The van der Waals surface area contributed by atoms with Gasteiger partial charge in [0.25, 0.3) is 0 Å². The summed E-state index contributed by atoms with van der Waals surface area (Å²) in [6.45, 7) is 5.78. The van der Waals surface area contributed by atoms with Crippen molar-refractivity contribution in [1.29, 1.82) is 0 Å². The summed E-state index contributed by atoms with van der Waals surface area (Å²) >= 11 is 0. The molecule has 0 unspecified atom stereocenters. The monoisotopic (exact) mass is 201 g/mol. The SMILES string of the molecule is C=C/C=C(\C)C(CC1=CCCC=C1)=NC. The lowest BCUT2D eigenvalue weighted by atomic mass is 9.98. The van der Waals surface area contributed by atoms with Crippen LogP contribution in [0.2, 0.25) is 0 Å². The minimum atomic E-state index is 0.934. The normalized spacial score (nSPS) is 17.6. The van der Waals surface area contributed by atoms with Gasteiger partial charge in [0.15, 0.2) is 0 Å². The summed E-state index contributed by atoms with van der Waals surface area (Å²) in [5.41, 5.74) is 3.72. The molecule has 0 atom stereocenters. The molecule has 0 radical (unpaired) electrons. The first-order valence-corrected chi connectivity index (χ1v) is 5.39. The van der Waals surface area contributed by atoms with E-state index >= 15 is 0 Å². The van der Waals surface area contributed by atoms with Gasteiger partial charge in [0.2, 0.25) is 0 Å². The summed E-state index contributed by atoms with van der Waals surface area (Å²) in [7, 11) is 1.85. The van der Waals surface area contributed by atoms with E-state index in [4.69, 9.17) is 0 Å². The molecule has 0 saturated carbocycles. The Kier molecular flexibility index (Phi) is 4.82. The fourth-order valence-corrected chi connectivity index (χ4v) is 1.66. The first kappa shape index (κ1) is 11.7. The molecule has 80 valence electrons. The zero-order chi connectivity index (χ0) is 11.1. The van der Waals surface area contributed by atoms with Crippen molar-refractivity contribution in [2.24, 2.45) is 4.99 Å². The topological polar surface area (TPSA) is 12.4 Å². The maximum atomic E-state index is 4.33. The zero-order valence-corrected chi connectivity index (χ0v) is 9.66. The second-order valence-electron chi connectivity index (χ2n) is 3.69. The lowest BCUT2D eigenvalue weighted by molar-refractivity contribution is 1.01. The van der Waals surface area contributed by atoms with Gasteiger partial charge < -0.3 is 0 Å². The van der Waals surface area contributed by atoms with Gasteiger partial charge in [-0.3, -0.25) is 4.99 Å². The van der Waals surface area contributed by atoms with Gasteiger partial charge in [0.05, 0.1) is 0 Å². The Labute approximate surface area is 92.6 Å². The van der Waals surface area contributed by atoms with E-state index in [1.165, 1.54) is 17.6 Å². The minimum Gasteiger partial charge on any atom is -0.292 e. The van der Waals surface area contributed by atoms with Crippen molar-refractivity contribution in [3.8, 4) is 0 Å². The van der Waals surface area contributed by atoms with Crippen molar-refractivity contribution in [2.45, 2.75) is 26.2 Å². The number of nitrogens with zero attached hydrogens (tertiary/aromatic N) is 1. The van der Waals surface area contributed by atoms with Crippen molar-refractivity contribution in [1.82, 2.24) is 0 Å². The summed E-state index contributed by atoms with van der Waals surface area (Å²) < 4.78 is 0. The molecular weight excluding hydrogens is 182 g/mol. The predicted octanol–water partition coefficient (Wildman–Crippen LogP) is 3.86. The molecule has 0 N–H and O–H groups in total. The highest BCUT2D eigenvalue weighted by Gasteiger charge is 2.04. The van der Waals surface area contributed by atoms with Gasteiger partial charge >= 0.3 is 0 Å². The summed E-state index contributed by atoms with van der Waals surface area (Å²) in [5.74, 6) is 0. The molecule has 0 spiro atoms. The third-order valence-corrected chi connectivity index (χ3v) is 2.54. The lowest BCUT2D eigenvalue weighted by Crippen LogP contribution is -2.02. The molecule has 0 heterocycles. The number of hydrogen-bond acceptors (Lipinski definition) is 1. The first-order valence-electron chi connectivity index (χ1n) is 5.39. The first-order chi connectivity index (χ1) is 7.27. The number of allylic oxidation sites excluding steroid dienone is 7. The molecule has 0 aromatic rings. The number of aliphatic imine (C=N–C) groups is 1. The van der Waals surface area contributed by atoms with Gasteiger partial charge in [-0.15, -0.1) is 0 Å².